The fraction of sp³-hybridized carbons (Fsp3) is 0.500. The molecular formula is C16H21N3O2. The number of hydrogen-bond donors (Lipinski definition) is 1. The zero-order valence-electron chi connectivity index (χ0n) is 12.5. The Hall–Kier alpha value is -1.88. The van der Waals surface area contributed by atoms with E-state index in [2.05, 4.69) is 27.6 Å². The van der Waals surface area contributed by atoms with Gasteiger partial charge < -0.3 is 14.6 Å². The van der Waals surface area contributed by atoms with Gasteiger partial charge in [0.2, 0.25) is 5.89 Å². The maximum atomic E-state index is 5.22. The van der Waals surface area contributed by atoms with E-state index in [1.807, 2.05) is 19.1 Å². The second-order valence-corrected chi connectivity index (χ2v) is 5.52. The molecule has 1 atom stereocenters. The summed E-state index contributed by atoms with van der Waals surface area (Å²) in [7, 11) is 1.69. The van der Waals surface area contributed by atoms with Gasteiger partial charge in [0.05, 0.1) is 7.11 Å². The summed E-state index contributed by atoms with van der Waals surface area (Å²) < 4.78 is 10.2. The third-order valence-electron chi connectivity index (χ3n) is 3.85. The summed E-state index contributed by atoms with van der Waals surface area (Å²) in [5.74, 6) is 3.03. The first-order valence-corrected chi connectivity index (χ1v) is 7.43. The van der Waals surface area contributed by atoms with Gasteiger partial charge in [0.15, 0.2) is 5.82 Å². The molecule has 1 fully saturated rings. The van der Waals surface area contributed by atoms with Crippen LogP contribution in [-0.2, 0) is 6.42 Å². The summed E-state index contributed by atoms with van der Waals surface area (Å²) in [4.78, 5) is 4.23. The number of benzene rings is 1. The van der Waals surface area contributed by atoms with Crippen LogP contribution in [0.3, 0.4) is 0 Å². The number of ether oxygens (including phenoxy) is 1. The molecule has 1 N–H and O–H groups in total. The van der Waals surface area contributed by atoms with Crippen LogP contribution in [0.5, 0.6) is 5.75 Å². The number of rotatable bonds is 7. The highest BCUT2D eigenvalue weighted by molar-refractivity contribution is 5.30. The van der Waals surface area contributed by atoms with E-state index in [4.69, 9.17) is 9.26 Å². The SMILES string of the molecule is COc1ccc(C(NCCc2noc(C)n2)C2CC2)cc1. The third kappa shape index (κ3) is 3.61. The Labute approximate surface area is 124 Å². The lowest BCUT2D eigenvalue weighted by atomic mass is 10.0. The number of aromatic nitrogens is 2. The Bertz CT molecular complexity index is 575. The molecule has 0 saturated heterocycles. The fourth-order valence-corrected chi connectivity index (χ4v) is 2.58. The highest BCUT2D eigenvalue weighted by atomic mass is 16.5. The Morgan fingerprint density at radius 3 is 2.67 bits per heavy atom. The Kier molecular flexibility index (Phi) is 4.20. The van der Waals surface area contributed by atoms with Crippen molar-refractivity contribution in [2.75, 3.05) is 13.7 Å². The van der Waals surface area contributed by atoms with Gasteiger partial charge in [-0.15, -0.1) is 0 Å². The van der Waals surface area contributed by atoms with E-state index < -0.39 is 0 Å². The van der Waals surface area contributed by atoms with E-state index in [1.54, 1.807) is 7.11 Å². The summed E-state index contributed by atoms with van der Waals surface area (Å²) >= 11 is 0. The van der Waals surface area contributed by atoms with Gasteiger partial charge in [-0.25, -0.2) is 0 Å². The Morgan fingerprint density at radius 1 is 1.33 bits per heavy atom. The zero-order chi connectivity index (χ0) is 14.7. The first kappa shape index (κ1) is 14.1. The summed E-state index contributed by atoms with van der Waals surface area (Å²) in [6.45, 7) is 2.67. The topological polar surface area (TPSA) is 60.2 Å². The minimum absolute atomic E-state index is 0.406. The van der Waals surface area contributed by atoms with E-state index in [-0.39, 0.29) is 0 Å². The first-order valence-electron chi connectivity index (χ1n) is 7.43. The molecule has 1 saturated carbocycles. The fourth-order valence-electron chi connectivity index (χ4n) is 2.58. The predicted octanol–water partition coefficient (Wildman–Crippen LogP) is 2.67. The van der Waals surface area contributed by atoms with Crippen molar-refractivity contribution in [3.63, 3.8) is 0 Å². The van der Waals surface area contributed by atoms with Crippen molar-refractivity contribution in [2.45, 2.75) is 32.2 Å². The maximum Gasteiger partial charge on any atom is 0.223 e. The second kappa shape index (κ2) is 6.26. The van der Waals surface area contributed by atoms with Crippen LogP contribution in [0.1, 0.15) is 36.2 Å². The lowest BCUT2D eigenvalue weighted by Crippen LogP contribution is -2.25. The number of hydrogen-bond acceptors (Lipinski definition) is 5. The average molecular weight is 287 g/mol. The van der Waals surface area contributed by atoms with E-state index in [9.17, 15) is 0 Å². The van der Waals surface area contributed by atoms with Gasteiger partial charge in [-0.05, 0) is 36.5 Å². The zero-order valence-corrected chi connectivity index (χ0v) is 12.5. The highest BCUT2D eigenvalue weighted by Crippen LogP contribution is 2.41. The largest absolute Gasteiger partial charge is 0.497 e. The van der Waals surface area contributed by atoms with Crippen LogP contribution in [-0.4, -0.2) is 23.8 Å². The molecule has 1 aromatic heterocycles. The van der Waals surface area contributed by atoms with Gasteiger partial charge in [-0.1, -0.05) is 17.3 Å². The molecule has 2 aromatic rings. The van der Waals surface area contributed by atoms with Gasteiger partial charge in [0, 0.05) is 25.9 Å². The smallest absolute Gasteiger partial charge is 0.223 e. The first-order chi connectivity index (χ1) is 10.3. The highest BCUT2D eigenvalue weighted by Gasteiger charge is 2.31. The molecule has 1 aliphatic rings. The van der Waals surface area contributed by atoms with Gasteiger partial charge in [-0.2, -0.15) is 4.98 Å². The maximum absolute atomic E-state index is 5.22. The standard InChI is InChI=1S/C16H21N3O2/c1-11-18-15(19-21-11)9-10-17-16(12-3-4-12)13-5-7-14(20-2)8-6-13/h5-8,12,16-17H,3-4,9-10H2,1-2H3. The van der Waals surface area contributed by atoms with E-state index in [0.717, 1.165) is 30.5 Å². The van der Waals surface area contributed by atoms with Crippen molar-refractivity contribution in [2.24, 2.45) is 5.92 Å². The summed E-state index contributed by atoms with van der Waals surface area (Å²) in [5.41, 5.74) is 1.32. The number of aryl methyl sites for hydroxylation is 1. The molecule has 3 rings (SSSR count). The van der Waals surface area contributed by atoms with Crippen LogP contribution >= 0.6 is 0 Å². The number of nitrogens with one attached hydrogen (secondary N) is 1. The lowest BCUT2D eigenvalue weighted by molar-refractivity contribution is 0.385. The van der Waals surface area contributed by atoms with Gasteiger partial charge >= 0.3 is 0 Å². The monoisotopic (exact) mass is 287 g/mol. The van der Waals surface area contributed by atoms with Crippen LogP contribution in [0.4, 0.5) is 0 Å². The lowest BCUT2D eigenvalue weighted by Gasteiger charge is -2.18. The molecule has 1 heterocycles. The molecular weight excluding hydrogens is 266 g/mol. The van der Waals surface area contributed by atoms with Crippen LogP contribution in [0.2, 0.25) is 0 Å². The number of nitrogens with zero attached hydrogens (tertiary/aromatic N) is 2. The van der Waals surface area contributed by atoms with Gasteiger partial charge in [-0.3, -0.25) is 0 Å². The van der Waals surface area contributed by atoms with Gasteiger partial charge in [0.25, 0.3) is 0 Å². The van der Waals surface area contributed by atoms with Crippen LogP contribution < -0.4 is 10.1 Å². The summed E-state index contributed by atoms with van der Waals surface area (Å²) in [5, 5.41) is 7.56. The van der Waals surface area contributed by atoms with Crippen molar-refractivity contribution in [1.82, 2.24) is 15.5 Å². The van der Waals surface area contributed by atoms with Crippen LogP contribution in [0.25, 0.3) is 0 Å². The summed E-state index contributed by atoms with van der Waals surface area (Å²) in [6, 6.07) is 8.74. The molecule has 5 heteroatoms. The van der Waals surface area contributed by atoms with Crippen molar-refractivity contribution >= 4 is 0 Å². The molecule has 0 radical (unpaired) electrons. The molecule has 112 valence electrons. The predicted molar refractivity (Wildman–Crippen MR) is 79.2 cm³/mol. The minimum Gasteiger partial charge on any atom is -0.497 e. The van der Waals surface area contributed by atoms with E-state index >= 15 is 0 Å². The molecule has 0 amide bonds. The van der Waals surface area contributed by atoms with E-state index in [1.165, 1.54) is 18.4 Å². The molecule has 0 spiro atoms. The van der Waals surface area contributed by atoms with Crippen LogP contribution in [0, 0.1) is 12.8 Å². The molecule has 1 unspecified atom stereocenters. The molecule has 0 bridgehead atoms. The third-order valence-corrected chi connectivity index (χ3v) is 3.85. The summed E-state index contributed by atoms with van der Waals surface area (Å²) in [6.07, 6.45) is 3.38. The normalized spacial score (nSPS) is 15.9. The molecule has 0 aliphatic heterocycles. The van der Waals surface area contributed by atoms with Crippen molar-refractivity contribution in [3.8, 4) is 5.75 Å². The average Bonchev–Trinajstić information content (AvgIpc) is 3.26. The van der Waals surface area contributed by atoms with Crippen molar-refractivity contribution in [3.05, 3.63) is 41.5 Å². The molecule has 21 heavy (non-hydrogen) atoms. The quantitative estimate of drug-likeness (QED) is 0.848. The van der Waals surface area contributed by atoms with Gasteiger partial charge in [0.1, 0.15) is 5.75 Å². The van der Waals surface area contributed by atoms with Crippen LogP contribution in [0.15, 0.2) is 28.8 Å². The van der Waals surface area contributed by atoms with E-state index in [0.29, 0.717) is 11.9 Å². The van der Waals surface area contributed by atoms with Crippen molar-refractivity contribution in [1.29, 1.82) is 0 Å². The molecule has 1 aromatic carbocycles. The second-order valence-electron chi connectivity index (χ2n) is 5.52. The molecule has 1 aliphatic carbocycles. The Morgan fingerprint density at radius 2 is 2.10 bits per heavy atom. The van der Waals surface area contributed by atoms with Crippen molar-refractivity contribution < 1.29 is 9.26 Å². The minimum atomic E-state index is 0.406. The number of methoxy groups -OCH3 is 1. The molecule has 5 nitrogen and oxygen atoms in total. The Balaban J connectivity index is 1.59.